The van der Waals surface area contributed by atoms with Crippen LogP contribution in [-0.2, 0) is 6.54 Å². The van der Waals surface area contributed by atoms with Crippen molar-refractivity contribution in [3.63, 3.8) is 0 Å². The van der Waals surface area contributed by atoms with Gasteiger partial charge < -0.3 is 9.73 Å². The van der Waals surface area contributed by atoms with Crippen LogP contribution in [0.3, 0.4) is 0 Å². The fraction of sp³-hybridized carbons (Fsp3) is 0.333. The number of halogens is 3. The summed E-state index contributed by atoms with van der Waals surface area (Å²) in [6.07, 6.45) is 2.15. The van der Waals surface area contributed by atoms with Gasteiger partial charge in [0.1, 0.15) is 11.6 Å². The lowest BCUT2D eigenvalue weighted by molar-refractivity contribution is 0.456. The summed E-state index contributed by atoms with van der Waals surface area (Å²) in [7, 11) is 0. The lowest BCUT2D eigenvalue weighted by Gasteiger charge is -2.07. The van der Waals surface area contributed by atoms with Gasteiger partial charge in [-0.25, -0.2) is 8.78 Å². The van der Waals surface area contributed by atoms with Crippen LogP contribution in [-0.4, -0.2) is 10.2 Å². The minimum atomic E-state index is -0.672. The second-order valence-corrected chi connectivity index (χ2v) is 5.26. The first-order chi connectivity index (χ1) is 9.13. The number of nitrogens with zero attached hydrogens (tertiary/aromatic N) is 2. The van der Waals surface area contributed by atoms with Gasteiger partial charge in [-0.2, -0.15) is 0 Å². The molecule has 0 amide bonds. The highest BCUT2D eigenvalue weighted by molar-refractivity contribution is 9.10. The summed E-state index contributed by atoms with van der Waals surface area (Å²) in [6, 6.07) is 2.01. The average molecular weight is 330 g/mol. The molecule has 1 fully saturated rings. The SMILES string of the molecule is Fc1cc(F)c(NCc2nnc(C3CC3)o2)c(Br)c1. The van der Waals surface area contributed by atoms with Gasteiger partial charge in [-0.1, -0.05) is 0 Å². The maximum Gasteiger partial charge on any atom is 0.235 e. The predicted molar refractivity (Wildman–Crippen MR) is 67.7 cm³/mol. The van der Waals surface area contributed by atoms with Crippen LogP contribution in [0.4, 0.5) is 14.5 Å². The Morgan fingerprint density at radius 3 is 2.79 bits per heavy atom. The quantitative estimate of drug-likeness (QED) is 0.931. The van der Waals surface area contributed by atoms with Crippen molar-refractivity contribution in [1.29, 1.82) is 0 Å². The van der Waals surface area contributed by atoms with Gasteiger partial charge in [0.05, 0.1) is 12.2 Å². The topological polar surface area (TPSA) is 51.0 Å². The molecule has 1 aromatic heterocycles. The second-order valence-electron chi connectivity index (χ2n) is 4.41. The molecular weight excluding hydrogens is 320 g/mol. The minimum Gasteiger partial charge on any atom is -0.423 e. The molecule has 19 heavy (non-hydrogen) atoms. The van der Waals surface area contributed by atoms with E-state index in [0.717, 1.165) is 18.9 Å². The third kappa shape index (κ3) is 2.75. The highest BCUT2D eigenvalue weighted by atomic mass is 79.9. The number of hydrogen-bond acceptors (Lipinski definition) is 4. The Kier molecular flexibility index (Phi) is 3.22. The Bertz CT molecular complexity index is 590. The summed E-state index contributed by atoms with van der Waals surface area (Å²) in [4.78, 5) is 0. The van der Waals surface area contributed by atoms with Crippen LogP contribution in [0.2, 0.25) is 0 Å². The van der Waals surface area contributed by atoms with E-state index in [4.69, 9.17) is 4.42 Å². The zero-order valence-corrected chi connectivity index (χ0v) is 11.4. The molecule has 3 rings (SSSR count). The summed E-state index contributed by atoms with van der Waals surface area (Å²) in [5, 5.41) is 10.6. The summed E-state index contributed by atoms with van der Waals surface area (Å²) < 4.78 is 32.2. The maximum atomic E-state index is 13.6. The zero-order valence-electron chi connectivity index (χ0n) is 9.79. The maximum absolute atomic E-state index is 13.6. The van der Waals surface area contributed by atoms with Crippen LogP contribution in [0.15, 0.2) is 21.0 Å². The molecule has 1 N–H and O–H groups in total. The third-order valence-electron chi connectivity index (χ3n) is 2.83. The van der Waals surface area contributed by atoms with Crippen molar-refractivity contribution < 1.29 is 13.2 Å². The van der Waals surface area contributed by atoms with E-state index < -0.39 is 11.6 Å². The van der Waals surface area contributed by atoms with Crippen molar-refractivity contribution >= 4 is 21.6 Å². The molecule has 7 heteroatoms. The molecule has 1 aliphatic carbocycles. The van der Waals surface area contributed by atoms with Gasteiger partial charge in [-0.3, -0.25) is 0 Å². The lowest BCUT2D eigenvalue weighted by atomic mass is 10.3. The predicted octanol–water partition coefficient (Wildman–Crippen LogP) is 3.60. The van der Waals surface area contributed by atoms with Crippen LogP contribution in [0.1, 0.15) is 30.5 Å². The van der Waals surface area contributed by atoms with E-state index >= 15 is 0 Å². The summed E-state index contributed by atoms with van der Waals surface area (Å²) in [5.74, 6) is 0.0982. The standard InChI is InChI=1S/C12H10BrF2N3O/c13-8-3-7(14)4-9(15)11(8)16-5-10-17-18-12(19-10)6-1-2-6/h3-4,6,16H,1-2,5H2. The first-order valence-corrected chi connectivity index (χ1v) is 6.63. The van der Waals surface area contributed by atoms with Crippen molar-refractivity contribution in [1.82, 2.24) is 10.2 Å². The van der Waals surface area contributed by atoms with E-state index in [9.17, 15) is 8.78 Å². The molecule has 0 aliphatic heterocycles. The molecule has 100 valence electrons. The molecule has 1 aromatic carbocycles. The van der Waals surface area contributed by atoms with E-state index in [0.29, 0.717) is 22.2 Å². The van der Waals surface area contributed by atoms with Gasteiger partial charge in [0.15, 0.2) is 0 Å². The van der Waals surface area contributed by atoms with E-state index in [-0.39, 0.29) is 12.2 Å². The van der Waals surface area contributed by atoms with E-state index in [2.05, 4.69) is 31.4 Å². The zero-order chi connectivity index (χ0) is 13.4. The third-order valence-corrected chi connectivity index (χ3v) is 3.46. The molecule has 0 bridgehead atoms. The summed E-state index contributed by atoms with van der Waals surface area (Å²) in [6.45, 7) is 0.195. The molecule has 1 aliphatic rings. The highest BCUT2D eigenvalue weighted by Gasteiger charge is 2.29. The monoisotopic (exact) mass is 329 g/mol. The van der Waals surface area contributed by atoms with Crippen LogP contribution in [0.5, 0.6) is 0 Å². The van der Waals surface area contributed by atoms with Gasteiger partial charge >= 0.3 is 0 Å². The largest absolute Gasteiger partial charge is 0.423 e. The Morgan fingerprint density at radius 2 is 2.11 bits per heavy atom. The molecule has 0 unspecified atom stereocenters. The van der Waals surface area contributed by atoms with Crippen LogP contribution >= 0.6 is 15.9 Å². The van der Waals surface area contributed by atoms with Gasteiger partial charge in [0.2, 0.25) is 11.8 Å². The molecular formula is C12H10BrF2N3O. The normalized spacial score (nSPS) is 14.7. The fourth-order valence-electron chi connectivity index (χ4n) is 1.71. The molecule has 0 spiro atoms. The molecule has 0 atom stereocenters. The smallest absolute Gasteiger partial charge is 0.235 e. The molecule has 0 radical (unpaired) electrons. The Balaban J connectivity index is 1.71. The van der Waals surface area contributed by atoms with E-state index in [1.54, 1.807) is 0 Å². The number of benzene rings is 1. The Labute approximate surface area is 116 Å². The molecule has 2 aromatic rings. The van der Waals surface area contributed by atoms with Crippen LogP contribution < -0.4 is 5.32 Å². The van der Waals surface area contributed by atoms with Crippen molar-refractivity contribution in [3.8, 4) is 0 Å². The van der Waals surface area contributed by atoms with Crippen LogP contribution in [0, 0.1) is 11.6 Å². The van der Waals surface area contributed by atoms with Crippen molar-refractivity contribution in [3.05, 3.63) is 40.0 Å². The highest BCUT2D eigenvalue weighted by Crippen LogP contribution is 2.39. The van der Waals surface area contributed by atoms with E-state index in [1.807, 2.05) is 0 Å². The molecule has 4 nitrogen and oxygen atoms in total. The molecule has 1 saturated carbocycles. The van der Waals surface area contributed by atoms with Gasteiger partial charge in [-0.15, -0.1) is 10.2 Å². The lowest BCUT2D eigenvalue weighted by Crippen LogP contribution is -2.03. The van der Waals surface area contributed by atoms with Gasteiger partial charge in [-0.05, 0) is 34.8 Å². The van der Waals surface area contributed by atoms with Crippen molar-refractivity contribution in [2.75, 3.05) is 5.32 Å². The summed E-state index contributed by atoms with van der Waals surface area (Å²) >= 11 is 3.10. The molecule has 0 saturated heterocycles. The van der Waals surface area contributed by atoms with Gasteiger partial charge in [0, 0.05) is 16.5 Å². The number of aromatic nitrogens is 2. The van der Waals surface area contributed by atoms with Gasteiger partial charge in [0.25, 0.3) is 0 Å². The number of hydrogen-bond donors (Lipinski definition) is 1. The fourth-order valence-corrected chi connectivity index (χ4v) is 2.26. The summed E-state index contributed by atoms with van der Waals surface area (Å²) in [5.41, 5.74) is 0.174. The minimum absolute atomic E-state index is 0.174. The first-order valence-electron chi connectivity index (χ1n) is 5.84. The average Bonchev–Trinajstić information content (AvgIpc) is 3.08. The number of anilines is 1. The molecule has 1 heterocycles. The van der Waals surface area contributed by atoms with Crippen LogP contribution in [0.25, 0.3) is 0 Å². The first kappa shape index (κ1) is 12.5. The Hall–Kier alpha value is -1.50. The Morgan fingerprint density at radius 1 is 1.32 bits per heavy atom. The van der Waals surface area contributed by atoms with Crippen molar-refractivity contribution in [2.24, 2.45) is 0 Å². The van der Waals surface area contributed by atoms with Crippen molar-refractivity contribution in [2.45, 2.75) is 25.3 Å². The number of nitrogens with one attached hydrogen (secondary N) is 1. The van der Waals surface area contributed by atoms with E-state index in [1.165, 1.54) is 6.07 Å². The number of rotatable bonds is 4. The second kappa shape index (κ2) is 4.88.